The van der Waals surface area contributed by atoms with Crippen LogP contribution in [-0.4, -0.2) is 9.97 Å². The third kappa shape index (κ3) is 2.07. The molecule has 0 saturated carbocycles. The molecule has 2 nitrogen and oxygen atoms in total. The van der Waals surface area contributed by atoms with Gasteiger partial charge in [0.2, 0.25) is 0 Å². The fourth-order valence-electron chi connectivity index (χ4n) is 1.82. The number of H-pyrrole nitrogens is 1. The van der Waals surface area contributed by atoms with E-state index < -0.39 is 11.6 Å². The lowest BCUT2D eigenvalue weighted by Gasteiger charge is -1.99. The van der Waals surface area contributed by atoms with Crippen LogP contribution in [0.3, 0.4) is 0 Å². The van der Waals surface area contributed by atoms with Crippen LogP contribution in [0.5, 0.6) is 0 Å². The zero-order chi connectivity index (χ0) is 13.6. The van der Waals surface area contributed by atoms with Crippen LogP contribution >= 0.6 is 23.2 Å². The van der Waals surface area contributed by atoms with Gasteiger partial charge in [-0.25, -0.2) is 13.8 Å². The summed E-state index contributed by atoms with van der Waals surface area (Å²) in [6, 6.07) is 7.07. The molecule has 0 fully saturated rings. The molecule has 1 N–H and O–H groups in total. The summed E-state index contributed by atoms with van der Waals surface area (Å²) in [6.45, 7) is 0. The fraction of sp³-hybridized carbons (Fsp3) is 0. The van der Waals surface area contributed by atoms with Gasteiger partial charge in [-0.15, -0.1) is 0 Å². The first-order valence-electron chi connectivity index (χ1n) is 5.35. The molecule has 6 heteroatoms. The lowest BCUT2D eigenvalue weighted by Crippen LogP contribution is -1.90. The molecule has 0 saturated heterocycles. The Labute approximate surface area is 117 Å². The molecule has 19 heavy (non-hydrogen) atoms. The van der Waals surface area contributed by atoms with Crippen molar-refractivity contribution in [3.05, 3.63) is 52.0 Å². The monoisotopic (exact) mass is 298 g/mol. The van der Waals surface area contributed by atoms with E-state index in [2.05, 4.69) is 9.97 Å². The van der Waals surface area contributed by atoms with Crippen LogP contribution in [0, 0.1) is 11.6 Å². The van der Waals surface area contributed by atoms with Crippen molar-refractivity contribution in [1.29, 1.82) is 0 Å². The number of nitrogens with zero attached hydrogens (tertiary/aromatic N) is 1. The summed E-state index contributed by atoms with van der Waals surface area (Å²) in [5.41, 5.74) is 1.20. The molecule has 96 valence electrons. The molecule has 3 aromatic rings. The van der Waals surface area contributed by atoms with Crippen molar-refractivity contribution < 1.29 is 8.78 Å². The maximum atomic E-state index is 13.7. The number of benzene rings is 2. The van der Waals surface area contributed by atoms with Crippen LogP contribution in [0.4, 0.5) is 8.78 Å². The Balaban J connectivity index is 2.23. The van der Waals surface area contributed by atoms with Crippen molar-refractivity contribution in [3.8, 4) is 11.4 Å². The van der Waals surface area contributed by atoms with Crippen molar-refractivity contribution in [2.45, 2.75) is 0 Å². The highest BCUT2D eigenvalue weighted by atomic mass is 35.5. The van der Waals surface area contributed by atoms with Crippen LogP contribution in [0.25, 0.3) is 22.4 Å². The Morgan fingerprint density at radius 1 is 1.05 bits per heavy atom. The van der Waals surface area contributed by atoms with Crippen molar-refractivity contribution in [3.63, 3.8) is 0 Å². The molecule has 0 bridgehead atoms. The fourth-order valence-corrected chi connectivity index (χ4v) is 2.14. The first kappa shape index (κ1) is 12.4. The third-order valence-electron chi connectivity index (χ3n) is 2.73. The molecule has 0 aliphatic heterocycles. The van der Waals surface area contributed by atoms with E-state index >= 15 is 0 Å². The molecule has 0 amide bonds. The van der Waals surface area contributed by atoms with Crippen LogP contribution in [0.1, 0.15) is 0 Å². The number of rotatable bonds is 1. The van der Waals surface area contributed by atoms with Gasteiger partial charge in [0, 0.05) is 0 Å². The summed E-state index contributed by atoms with van der Waals surface area (Å²) < 4.78 is 26.9. The van der Waals surface area contributed by atoms with E-state index in [1.54, 1.807) is 12.1 Å². The summed E-state index contributed by atoms with van der Waals surface area (Å²) in [7, 11) is 0. The van der Waals surface area contributed by atoms with E-state index in [-0.39, 0.29) is 11.4 Å². The number of nitrogens with one attached hydrogen (secondary N) is 1. The molecule has 0 aliphatic rings. The smallest absolute Gasteiger partial charge is 0.169 e. The van der Waals surface area contributed by atoms with E-state index in [0.717, 1.165) is 6.07 Å². The Kier molecular flexibility index (Phi) is 2.92. The molecular weight excluding hydrogens is 293 g/mol. The predicted octanol–water partition coefficient (Wildman–Crippen LogP) is 4.81. The standard InChI is InChI=1S/C13H6Cl2F2N2/c14-7-4-10-11(5-8(7)15)19-13(18-10)6-2-1-3-9(16)12(6)17/h1-5H,(H,18,19). The number of hydrogen-bond acceptors (Lipinski definition) is 1. The predicted molar refractivity (Wildman–Crippen MR) is 71.5 cm³/mol. The van der Waals surface area contributed by atoms with Crippen molar-refractivity contribution in [2.24, 2.45) is 0 Å². The molecule has 1 heterocycles. The van der Waals surface area contributed by atoms with Crippen LogP contribution in [0.2, 0.25) is 10.0 Å². The van der Waals surface area contributed by atoms with Gasteiger partial charge in [-0.2, -0.15) is 0 Å². The number of aromatic nitrogens is 2. The van der Waals surface area contributed by atoms with Crippen molar-refractivity contribution in [2.75, 3.05) is 0 Å². The summed E-state index contributed by atoms with van der Waals surface area (Å²) in [5, 5.41) is 0.719. The molecule has 0 radical (unpaired) electrons. The topological polar surface area (TPSA) is 28.7 Å². The summed E-state index contributed by atoms with van der Waals surface area (Å²) >= 11 is 11.8. The molecule has 0 unspecified atom stereocenters. The molecule has 0 atom stereocenters. The second-order valence-corrected chi connectivity index (χ2v) is 4.78. The summed E-state index contributed by atoms with van der Waals surface area (Å²) in [5.74, 6) is -1.64. The molecule has 3 rings (SSSR count). The zero-order valence-electron chi connectivity index (χ0n) is 9.35. The second-order valence-electron chi connectivity index (χ2n) is 3.97. The Bertz CT molecular complexity index is 745. The molecular formula is C13H6Cl2F2N2. The number of hydrogen-bond donors (Lipinski definition) is 1. The number of halogens is 4. The highest BCUT2D eigenvalue weighted by Crippen LogP contribution is 2.29. The number of imidazole rings is 1. The minimum atomic E-state index is -0.946. The first-order chi connectivity index (χ1) is 9.06. The van der Waals surface area contributed by atoms with Gasteiger partial charge in [0.15, 0.2) is 11.6 Å². The van der Waals surface area contributed by atoms with E-state index in [4.69, 9.17) is 23.2 Å². The molecule has 1 aromatic heterocycles. The number of fused-ring (bicyclic) bond motifs is 1. The van der Waals surface area contributed by atoms with Crippen LogP contribution in [-0.2, 0) is 0 Å². The summed E-state index contributed by atoms with van der Waals surface area (Å²) in [6.07, 6.45) is 0. The molecule has 0 aliphatic carbocycles. The third-order valence-corrected chi connectivity index (χ3v) is 3.45. The van der Waals surface area contributed by atoms with E-state index in [1.807, 2.05) is 0 Å². The Hall–Kier alpha value is -1.65. The zero-order valence-corrected chi connectivity index (χ0v) is 10.9. The van der Waals surface area contributed by atoms with Gasteiger partial charge in [0.05, 0.1) is 26.6 Å². The minimum absolute atomic E-state index is 0.0587. The normalized spacial score (nSPS) is 11.2. The molecule has 2 aromatic carbocycles. The highest BCUT2D eigenvalue weighted by Gasteiger charge is 2.14. The van der Waals surface area contributed by atoms with E-state index in [1.165, 1.54) is 12.1 Å². The highest BCUT2D eigenvalue weighted by molar-refractivity contribution is 6.42. The second kappa shape index (κ2) is 4.47. The van der Waals surface area contributed by atoms with Gasteiger partial charge in [-0.05, 0) is 24.3 Å². The van der Waals surface area contributed by atoms with Gasteiger partial charge >= 0.3 is 0 Å². The average molecular weight is 299 g/mol. The van der Waals surface area contributed by atoms with E-state index in [0.29, 0.717) is 21.1 Å². The Morgan fingerprint density at radius 2 is 1.79 bits per heavy atom. The lowest BCUT2D eigenvalue weighted by molar-refractivity contribution is 0.510. The number of aromatic amines is 1. The van der Waals surface area contributed by atoms with Gasteiger partial charge in [0.25, 0.3) is 0 Å². The average Bonchev–Trinajstić information content (AvgIpc) is 2.76. The molecule has 0 spiro atoms. The van der Waals surface area contributed by atoms with Crippen LogP contribution < -0.4 is 0 Å². The largest absolute Gasteiger partial charge is 0.338 e. The van der Waals surface area contributed by atoms with Crippen molar-refractivity contribution >= 4 is 34.2 Å². The van der Waals surface area contributed by atoms with Crippen molar-refractivity contribution in [1.82, 2.24) is 9.97 Å². The van der Waals surface area contributed by atoms with Gasteiger partial charge < -0.3 is 4.98 Å². The van der Waals surface area contributed by atoms with Gasteiger partial charge in [-0.1, -0.05) is 29.3 Å². The quantitative estimate of drug-likeness (QED) is 0.686. The Morgan fingerprint density at radius 3 is 2.58 bits per heavy atom. The first-order valence-corrected chi connectivity index (χ1v) is 6.11. The maximum absolute atomic E-state index is 13.7. The van der Waals surface area contributed by atoms with E-state index in [9.17, 15) is 8.78 Å². The van der Waals surface area contributed by atoms with Gasteiger partial charge in [-0.3, -0.25) is 0 Å². The van der Waals surface area contributed by atoms with Gasteiger partial charge in [0.1, 0.15) is 5.82 Å². The minimum Gasteiger partial charge on any atom is -0.338 e. The maximum Gasteiger partial charge on any atom is 0.169 e. The lowest BCUT2D eigenvalue weighted by atomic mass is 10.2. The SMILES string of the molecule is Fc1cccc(-c2nc3cc(Cl)c(Cl)cc3[nH]2)c1F. The summed E-state index contributed by atoms with van der Waals surface area (Å²) in [4.78, 5) is 7.07. The van der Waals surface area contributed by atoms with Crippen LogP contribution in [0.15, 0.2) is 30.3 Å².